The second kappa shape index (κ2) is 9.31. The van der Waals surface area contributed by atoms with Gasteiger partial charge in [-0.25, -0.2) is 0 Å². The van der Waals surface area contributed by atoms with Crippen LogP contribution in [0.4, 0.5) is 5.69 Å². The Morgan fingerprint density at radius 3 is 2.81 bits per heavy atom. The van der Waals surface area contributed by atoms with E-state index in [2.05, 4.69) is 12.2 Å². The van der Waals surface area contributed by atoms with Gasteiger partial charge < -0.3 is 14.8 Å². The molecule has 0 saturated heterocycles. The molecule has 6 nitrogen and oxygen atoms in total. The number of hydrogen-bond acceptors (Lipinski definition) is 5. The van der Waals surface area contributed by atoms with Gasteiger partial charge in [-0.05, 0) is 31.5 Å². The lowest BCUT2D eigenvalue weighted by molar-refractivity contribution is -0.386. The van der Waals surface area contributed by atoms with Crippen LogP contribution in [0.5, 0.6) is 5.75 Å². The molecule has 1 atom stereocenters. The van der Waals surface area contributed by atoms with E-state index in [1.807, 2.05) is 13.0 Å². The van der Waals surface area contributed by atoms with Gasteiger partial charge in [0.1, 0.15) is 0 Å². The van der Waals surface area contributed by atoms with Gasteiger partial charge in [-0.15, -0.1) is 0 Å². The first-order valence-corrected chi connectivity index (χ1v) is 7.22. The average molecular weight is 296 g/mol. The molecule has 0 amide bonds. The van der Waals surface area contributed by atoms with Gasteiger partial charge in [-0.3, -0.25) is 10.1 Å². The molecule has 21 heavy (non-hydrogen) atoms. The van der Waals surface area contributed by atoms with Crippen molar-refractivity contribution in [2.24, 2.45) is 0 Å². The number of nitro groups is 1. The molecule has 6 heteroatoms. The van der Waals surface area contributed by atoms with Crippen molar-refractivity contribution < 1.29 is 14.4 Å². The maximum Gasteiger partial charge on any atom is 0.311 e. The average Bonchev–Trinajstić information content (AvgIpc) is 2.46. The quantitative estimate of drug-likeness (QED) is 0.408. The van der Waals surface area contributed by atoms with E-state index in [4.69, 9.17) is 9.47 Å². The van der Waals surface area contributed by atoms with E-state index in [0.717, 1.165) is 18.5 Å². The molecule has 1 aromatic carbocycles. The van der Waals surface area contributed by atoms with Gasteiger partial charge in [0, 0.05) is 32.7 Å². The van der Waals surface area contributed by atoms with Gasteiger partial charge in [0.05, 0.1) is 11.0 Å². The Balaban J connectivity index is 2.76. The zero-order valence-corrected chi connectivity index (χ0v) is 12.9. The molecule has 0 bridgehead atoms. The maximum atomic E-state index is 11.2. The van der Waals surface area contributed by atoms with E-state index < -0.39 is 4.92 Å². The predicted molar refractivity (Wildman–Crippen MR) is 81.7 cm³/mol. The van der Waals surface area contributed by atoms with Crippen LogP contribution in [-0.4, -0.2) is 31.3 Å². The van der Waals surface area contributed by atoms with Crippen molar-refractivity contribution in [1.29, 1.82) is 0 Å². The van der Waals surface area contributed by atoms with Crippen molar-refractivity contribution in [3.05, 3.63) is 33.9 Å². The predicted octanol–water partition coefficient (Wildman–Crippen LogP) is 2.90. The fourth-order valence-electron chi connectivity index (χ4n) is 1.88. The lowest BCUT2D eigenvalue weighted by Gasteiger charge is -2.14. The summed E-state index contributed by atoms with van der Waals surface area (Å²) in [6, 6.07) is 5.10. The van der Waals surface area contributed by atoms with Crippen molar-refractivity contribution >= 4 is 5.69 Å². The number of nitro benzene ring substituents is 1. The van der Waals surface area contributed by atoms with E-state index in [0.29, 0.717) is 25.3 Å². The molecule has 1 N–H and O–H groups in total. The second-order valence-electron chi connectivity index (χ2n) is 4.95. The highest BCUT2D eigenvalue weighted by atomic mass is 16.6. The van der Waals surface area contributed by atoms with Gasteiger partial charge in [0.25, 0.3) is 0 Å². The lowest BCUT2D eigenvalue weighted by Crippen LogP contribution is -2.16. The summed E-state index contributed by atoms with van der Waals surface area (Å²) >= 11 is 0. The molecule has 0 radical (unpaired) electrons. The first-order valence-electron chi connectivity index (χ1n) is 7.22. The van der Waals surface area contributed by atoms with Crippen LogP contribution in [0.2, 0.25) is 0 Å². The fraction of sp³-hybridized carbons (Fsp3) is 0.600. The summed E-state index contributed by atoms with van der Waals surface area (Å²) in [4.78, 5) is 10.8. The van der Waals surface area contributed by atoms with E-state index in [9.17, 15) is 10.1 Å². The highest BCUT2D eigenvalue weighted by Crippen LogP contribution is 2.29. The third kappa shape index (κ3) is 6.10. The van der Waals surface area contributed by atoms with E-state index >= 15 is 0 Å². The Morgan fingerprint density at radius 1 is 1.43 bits per heavy atom. The Hall–Kier alpha value is -1.66. The van der Waals surface area contributed by atoms with Crippen LogP contribution in [0.1, 0.15) is 32.3 Å². The zero-order valence-electron chi connectivity index (χ0n) is 12.9. The molecule has 0 heterocycles. The highest BCUT2D eigenvalue weighted by Gasteiger charge is 2.18. The molecule has 1 rings (SSSR count). The SMILES string of the molecule is CCCNCc1ccc(OC(C)CCOC)c([N+](=O)[O-])c1. The van der Waals surface area contributed by atoms with Gasteiger partial charge in [-0.1, -0.05) is 13.0 Å². The minimum Gasteiger partial charge on any atom is -0.484 e. The number of hydrogen-bond donors (Lipinski definition) is 1. The molecule has 1 aromatic rings. The van der Waals surface area contributed by atoms with Crippen LogP contribution in [0.25, 0.3) is 0 Å². The van der Waals surface area contributed by atoms with Crippen molar-refractivity contribution in [2.75, 3.05) is 20.3 Å². The van der Waals surface area contributed by atoms with Gasteiger partial charge in [-0.2, -0.15) is 0 Å². The van der Waals surface area contributed by atoms with Crippen LogP contribution in [0.3, 0.4) is 0 Å². The first kappa shape index (κ1) is 17.4. The Kier molecular flexibility index (Phi) is 7.71. The van der Waals surface area contributed by atoms with Crippen LogP contribution < -0.4 is 10.1 Å². The van der Waals surface area contributed by atoms with Gasteiger partial charge in [0.2, 0.25) is 0 Å². The Labute approximate surface area is 125 Å². The van der Waals surface area contributed by atoms with Crippen molar-refractivity contribution in [3.63, 3.8) is 0 Å². The fourth-order valence-corrected chi connectivity index (χ4v) is 1.88. The molecule has 0 aliphatic heterocycles. The molecule has 0 aliphatic carbocycles. The number of benzene rings is 1. The molecular weight excluding hydrogens is 272 g/mol. The third-order valence-corrected chi connectivity index (χ3v) is 3.03. The molecule has 0 spiro atoms. The van der Waals surface area contributed by atoms with Crippen molar-refractivity contribution in [1.82, 2.24) is 5.32 Å². The molecular formula is C15H24N2O4. The summed E-state index contributed by atoms with van der Waals surface area (Å²) in [5.74, 6) is 0.308. The smallest absolute Gasteiger partial charge is 0.311 e. The van der Waals surface area contributed by atoms with Crippen molar-refractivity contribution in [3.8, 4) is 5.75 Å². The monoisotopic (exact) mass is 296 g/mol. The maximum absolute atomic E-state index is 11.2. The molecule has 0 saturated carbocycles. The molecule has 1 unspecified atom stereocenters. The Morgan fingerprint density at radius 2 is 2.19 bits per heavy atom. The van der Waals surface area contributed by atoms with Crippen LogP contribution in [-0.2, 0) is 11.3 Å². The van der Waals surface area contributed by atoms with E-state index in [1.54, 1.807) is 19.2 Å². The Bertz CT molecular complexity index is 451. The summed E-state index contributed by atoms with van der Waals surface area (Å²) in [7, 11) is 1.62. The van der Waals surface area contributed by atoms with Gasteiger partial charge in [0.15, 0.2) is 5.75 Å². The number of nitrogens with zero attached hydrogens (tertiary/aromatic N) is 1. The molecule has 0 fully saturated rings. The lowest BCUT2D eigenvalue weighted by atomic mass is 10.2. The standard InChI is InChI=1S/C15H24N2O4/c1-4-8-16-11-13-5-6-15(14(10-13)17(18)19)21-12(2)7-9-20-3/h5-6,10,12,16H,4,7-9,11H2,1-3H3. The van der Waals surface area contributed by atoms with Gasteiger partial charge >= 0.3 is 5.69 Å². The van der Waals surface area contributed by atoms with Crippen LogP contribution in [0, 0.1) is 10.1 Å². The molecule has 118 valence electrons. The zero-order chi connectivity index (χ0) is 15.7. The van der Waals surface area contributed by atoms with Crippen LogP contribution >= 0.6 is 0 Å². The minimum absolute atomic E-state index is 0.00932. The summed E-state index contributed by atoms with van der Waals surface area (Å²) in [6.45, 7) is 6.02. The summed E-state index contributed by atoms with van der Waals surface area (Å²) in [5, 5.41) is 14.4. The second-order valence-corrected chi connectivity index (χ2v) is 4.95. The summed E-state index contributed by atoms with van der Waals surface area (Å²) in [5.41, 5.74) is 0.891. The number of rotatable bonds is 10. The third-order valence-electron chi connectivity index (χ3n) is 3.03. The minimum atomic E-state index is -0.401. The molecule has 0 aromatic heterocycles. The largest absolute Gasteiger partial charge is 0.484 e. The summed E-state index contributed by atoms with van der Waals surface area (Å²) in [6.07, 6.45) is 1.58. The normalized spacial score (nSPS) is 12.1. The van der Waals surface area contributed by atoms with E-state index in [-0.39, 0.29) is 11.8 Å². The van der Waals surface area contributed by atoms with Crippen molar-refractivity contribution in [2.45, 2.75) is 39.3 Å². The topological polar surface area (TPSA) is 73.6 Å². The van der Waals surface area contributed by atoms with Crippen LogP contribution in [0.15, 0.2) is 18.2 Å². The number of nitrogens with one attached hydrogen (secondary N) is 1. The number of methoxy groups -OCH3 is 1. The number of ether oxygens (including phenoxy) is 2. The summed E-state index contributed by atoms with van der Waals surface area (Å²) < 4.78 is 10.6. The highest BCUT2D eigenvalue weighted by molar-refractivity contribution is 5.48. The molecule has 0 aliphatic rings. The van der Waals surface area contributed by atoms with E-state index in [1.165, 1.54) is 0 Å². The first-order chi connectivity index (χ1) is 10.1.